The zero-order valence-corrected chi connectivity index (χ0v) is 17.4. The maximum atomic E-state index is 12.5. The number of carbonyl (C=O) groups is 1. The molecule has 0 saturated heterocycles. The average molecular weight is 426 g/mol. The highest BCUT2D eigenvalue weighted by molar-refractivity contribution is 9.10. The Bertz CT molecular complexity index is 693. The molecule has 0 fully saturated rings. The quantitative estimate of drug-likeness (QED) is 0.571. The van der Waals surface area contributed by atoms with Crippen molar-refractivity contribution in [3.05, 3.63) is 28.7 Å². The Morgan fingerprint density at radius 3 is 2.48 bits per heavy atom. The maximum Gasteiger partial charge on any atom is 0.277 e. The molecule has 0 unspecified atom stereocenters. The van der Waals surface area contributed by atoms with E-state index in [1.54, 1.807) is 0 Å². The third-order valence-electron chi connectivity index (χ3n) is 3.32. The van der Waals surface area contributed by atoms with Gasteiger partial charge in [0.25, 0.3) is 5.22 Å². The molecule has 1 aromatic heterocycles. The van der Waals surface area contributed by atoms with Crippen LogP contribution < -0.4 is 0 Å². The SMILES string of the molecule is CC(C)CN(CC(C)C)C(=O)CSc1nnc(-c2cccc(Br)c2)o1. The van der Waals surface area contributed by atoms with E-state index in [4.69, 9.17) is 4.42 Å². The van der Waals surface area contributed by atoms with Crippen molar-refractivity contribution in [2.45, 2.75) is 32.9 Å². The lowest BCUT2D eigenvalue weighted by molar-refractivity contribution is -0.129. The highest BCUT2D eigenvalue weighted by Crippen LogP contribution is 2.25. The fourth-order valence-electron chi connectivity index (χ4n) is 2.38. The number of hydrogen-bond acceptors (Lipinski definition) is 5. The molecule has 1 heterocycles. The summed E-state index contributed by atoms with van der Waals surface area (Å²) in [4.78, 5) is 14.4. The van der Waals surface area contributed by atoms with Crippen molar-refractivity contribution in [3.8, 4) is 11.5 Å². The third-order valence-corrected chi connectivity index (χ3v) is 4.62. The molecule has 0 N–H and O–H groups in total. The molecule has 1 aromatic carbocycles. The summed E-state index contributed by atoms with van der Waals surface area (Å²) in [6, 6.07) is 7.67. The van der Waals surface area contributed by atoms with Crippen molar-refractivity contribution in [1.82, 2.24) is 15.1 Å². The highest BCUT2D eigenvalue weighted by atomic mass is 79.9. The van der Waals surface area contributed by atoms with Crippen molar-refractivity contribution < 1.29 is 9.21 Å². The second-order valence-electron chi connectivity index (χ2n) is 6.76. The first-order valence-electron chi connectivity index (χ1n) is 8.35. The molecule has 0 aliphatic rings. The summed E-state index contributed by atoms with van der Waals surface area (Å²) < 4.78 is 6.62. The molecule has 1 amide bonds. The fraction of sp³-hybridized carbons (Fsp3) is 0.500. The van der Waals surface area contributed by atoms with Crippen LogP contribution >= 0.6 is 27.7 Å². The summed E-state index contributed by atoms with van der Waals surface area (Å²) in [7, 11) is 0. The summed E-state index contributed by atoms with van der Waals surface area (Å²) in [5, 5.41) is 8.51. The van der Waals surface area contributed by atoms with Crippen LogP contribution in [0.4, 0.5) is 0 Å². The zero-order chi connectivity index (χ0) is 18.4. The largest absolute Gasteiger partial charge is 0.411 e. The molecule has 2 aromatic rings. The molecule has 136 valence electrons. The highest BCUT2D eigenvalue weighted by Gasteiger charge is 2.18. The number of benzene rings is 1. The van der Waals surface area contributed by atoms with Crippen LogP contribution in [-0.4, -0.2) is 39.8 Å². The molecule has 25 heavy (non-hydrogen) atoms. The Morgan fingerprint density at radius 2 is 1.88 bits per heavy atom. The predicted molar refractivity (Wildman–Crippen MR) is 104 cm³/mol. The number of aromatic nitrogens is 2. The minimum Gasteiger partial charge on any atom is -0.411 e. The molecule has 0 aliphatic carbocycles. The molecule has 5 nitrogen and oxygen atoms in total. The van der Waals surface area contributed by atoms with E-state index >= 15 is 0 Å². The van der Waals surface area contributed by atoms with Crippen LogP contribution in [0.25, 0.3) is 11.5 Å². The van der Waals surface area contributed by atoms with Gasteiger partial charge >= 0.3 is 0 Å². The van der Waals surface area contributed by atoms with E-state index in [0.29, 0.717) is 28.7 Å². The smallest absolute Gasteiger partial charge is 0.277 e. The van der Waals surface area contributed by atoms with E-state index in [2.05, 4.69) is 53.8 Å². The lowest BCUT2D eigenvalue weighted by Crippen LogP contribution is -2.38. The molecule has 0 aliphatic heterocycles. The minimum absolute atomic E-state index is 0.106. The standard InChI is InChI=1S/C18H24BrN3O2S/c1-12(2)9-22(10-13(3)4)16(23)11-25-18-21-20-17(24-18)14-6-5-7-15(19)8-14/h5-8,12-13H,9-11H2,1-4H3. The molecule has 0 spiro atoms. The molecule has 0 bridgehead atoms. The average Bonchev–Trinajstić information content (AvgIpc) is 3.00. The number of amides is 1. The lowest BCUT2D eigenvalue weighted by atomic mass is 10.1. The number of carbonyl (C=O) groups excluding carboxylic acids is 1. The van der Waals surface area contributed by atoms with E-state index in [-0.39, 0.29) is 5.91 Å². The van der Waals surface area contributed by atoms with Gasteiger partial charge in [-0.15, -0.1) is 10.2 Å². The Balaban J connectivity index is 1.97. The second kappa shape index (κ2) is 9.38. The number of hydrogen-bond donors (Lipinski definition) is 0. The maximum absolute atomic E-state index is 12.5. The van der Waals surface area contributed by atoms with Crippen molar-refractivity contribution in [2.24, 2.45) is 11.8 Å². The number of halogens is 1. The normalized spacial score (nSPS) is 11.3. The van der Waals surface area contributed by atoms with Crippen molar-refractivity contribution in [1.29, 1.82) is 0 Å². The van der Waals surface area contributed by atoms with Gasteiger partial charge in [0.05, 0.1) is 5.75 Å². The zero-order valence-electron chi connectivity index (χ0n) is 15.0. The summed E-state index contributed by atoms with van der Waals surface area (Å²) in [6.07, 6.45) is 0. The molecule has 0 atom stereocenters. The van der Waals surface area contributed by atoms with Crippen LogP contribution in [0.15, 0.2) is 38.4 Å². The van der Waals surface area contributed by atoms with Crippen LogP contribution in [0, 0.1) is 11.8 Å². The van der Waals surface area contributed by atoms with Gasteiger partial charge in [0, 0.05) is 23.1 Å². The van der Waals surface area contributed by atoms with Gasteiger partial charge in [0.1, 0.15) is 0 Å². The third kappa shape index (κ3) is 6.47. The number of thioether (sulfide) groups is 1. The first-order chi connectivity index (χ1) is 11.8. The van der Waals surface area contributed by atoms with Crippen LogP contribution in [-0.2, 0) is 4.79 Å². The molecular formula is C18H24BrN3O2S. The summed E-state index contributed by atoms with van der Waals surface area (Å²) in [6.45, 7) is 10.0. The molecular weight excluding hydrogens is 402 g/mol. The summed E-state index contributed by atoms with van der Waals surface area (Å²) >= 11 is 4.71. The summed E-state index contributed by atoms with van der Waals surface area (Å²) in [5.41, 5.74) is 0.848. The predicted octanol–water partition coefficient (Wildman–Crippen LogP) is 4.73. The Kier molecular flexibility index (Phi) is 7.50. The second-order valence-corrected chi connectivity index (χ2v) is 8.60. The Hall–Kier alpha value is -1.34. The molecule has 0 saturated carbocycles. The van der Waals surface area contributed by atoms with E-state index in [0.717, 1.165) is 23.1 Å². The first kappa shape index (κ1) is 20.0. The van der Waals surface area contributed by atoms with Gasteiger partial charge in [-0.05, 0) is 30.0 Å². The van der Waals surface area contributed by atoms with Gasteiger partial charge in [0.2, 0.25) is 11.8 Å². The van der Waals surface area contributed by atoms with Crippen LogP contribution in [0.3, 0.4) is 0 Å². The van der Waals surface area contributed by atoms with E-state index < -0.39 is 0 Å². The van der Waals surface area contributed by atoms with Crippen LogP contribution in [0.2, 0.25) is 0 Å². The van der Waals surface area contributed by atoms with Crippen LogP contribution in [0.1, 0.15) is 27.7 Å². The van der Waals surface area contributed by atoms with E-state index in [1.807, 2.05) is 29.2 Å². The van der Waals surface area contributed by atoms with Crippen molar-refractivity contribution in [2.75, 3.05) is 18.8 Å². The Labute approximate surface area is 161 Å². The van der Waals surface area contributed by atoms with Crippen LogP contribution in [0.5, 0.6) is 0 Å². The van der Waals surface area contributed by atoms with Gasteiger partial charge in [-0.2, -0.15) is 0 Å². The monoisotopic (exact) mass is 425 g/mol. The number of rotatable bonds is 8. The van der Waals surface area contributed by atoms with Gasteiger partial charge in [0.15, 0.2) is 0 Å². The molecule has 2 rings (SSSR count). The first-order valence-corrected chi connectivity index (χ1v) is 10.1. The van der Waals surface area contributed by atoms with Gasteiger partial charge < -0.3 is 9.32 Å². The summed E-state index contributed by atoms with van der Waals surface area (Å²) in [5.74, 6) is 1.75. The lowest BCUT2D eigenvalue weighted by Gasteiger charge is -2.26. The fourth-order valence-corrected chi connectivity index (χ4v) is 3.45. The Morgan fingerprint density at radius 1 is 1.20 bits per heavy atom. The molecule has 7 heteroatoms. The van der Waals surface area contributed by atoms with Crippen molar-refractivity contribution in [3.63, 3.8) is 0 Å². The minimum atomic E-state index is 0.106. The topological polar surface area (TPSA) is 59.2 Å². The van der Waals surface area contributed by atoms with Gasteiger partial charge in [-0.1, -0.05) is 61.5 Å². The van der Waals surface area contributed by atoms with Gasteiger partial charge in [-0.3, -0.25) is 4.79 Å². The van der Waals surface area contributed by atoms with E-state index in [1.165, 1.54) is 11.8 Å². The van der Waals surface area contributed by atoms with Gasteiger partial charge in [-0.25, -0.2) is 0 Å². The van der Waals surface area contributed by atoms with E-state index in [9.17, 15) is 4.79 Å². The van der Waals surface area contributed by atoms with Crippen molar-refractivity contribution >= 4 is 33.6 Å². The molecule has 0 radical (unpaired) electrons. The number of nitrogens with zero attached hydrogens (tertiary/aromatic N) is 3.